The van der Waals surface area contributed by atoms with Crippen LogP contribution in [0.1, 0.15) is 0 Å². The molecule has 0 radical (unpaired) electrons. The molecule has 0 aliphatic rings. The number of hydrogen-bond donors (Lipinski definition) is 2. The van der Waals surface area contributed by atoms with Gasteiger partial charge in [0.05, 0.1) is 7.11 Å². The Kier molecular flexibility index (Phi) is 2.68. The highest BCUT2D eigenvalue weighted by Crippen LogP contribution is 2.30. The Balaban J connectivity index is 2.88. The molecule has 0 fully saturated rings. The lowest BCUT2D eigenvalue weighted by Gasteiger charge is -2.08. The molecule has 2 aromatic rings. The number of benzene rings is 2. The third kappa shape index (κ3) is 2.04. The molecular formula is C11H11NO4S. The maximum atomic E-state index is 11.2. The van der Waals surface area contributed by atoms with E-state index in [1.54, 1.807) is 18.2 Å². The molecule has 0 unspecified atom stereocenters. The fraction of sp³-hybridized carbons (Fsp3) is 0.0909. The zero-order valence-electron chi connectivity index (χ0n) is 9.04. The molecule has 6 heteroatoms. The second-order valence-electron chi connectivity index (χ2n) is 3.54. The van der Waals surface area contributed by atoms with Crippen LogP contribution in [0.25, 0.3) is 10.8 Å². The molecule has 0 heterocycles. The Hall–Kier alpha value is -1.79. The third-order valence-corrected chi connectivity index (χ3v) is 3.41. The highest BCUT2D eigenvalue weighted by molar-refractivity contribution is 7.86. The van der Waals surface area contributed by atoms with E-state index in [1.807, 2.05) is 0 Å². The molecule has 0 aromatic heterocycles. The van der Waals surface area contributed by atoms with Crippen molar-refractivity contribution >= 4 is 26.6 Å². The summed E-state index contributed by atoms with van der Waals surface area (Å²) in [6.45, 7) is 0. The zero-order chi connectivity index (χ0) is 12.6. The first kappa shape index (κ1) is 11.7. The number of anilines is 1. The molecule has 0 spiro atoms. The lowest BCUT2D eigenvalue weighted by atomic mass is 10.1. The van der Waals surface area contributed by atoms with Crippen molar-refractivity contribution in [3.05, 3.63) is 30.3 Å². The average Bonchev–Trinajstić information content (AvgIpc) is 2.27. The van der Waals surface area contributed by atoms with Crippen LogP contribution >= 0.6 is 0 Å². The number of hydrogen-bond acceptors (Lipinski definition) is 4. The number of nitrogen functional groups attached to an aromatic ring is 1. The molecule has 5 nitrogen and oxygen atoms in total. The monoisotopic (exact) mass is 253 g/mol. The standard InChI is InChI=1S/C11H11NO4S/c1-16-7-2-3-8-9(6-7)10(12)4-5-11(8)17(13,14)15/h2-6H,12H2,1H3,(H,13,14,15). The van der Waals surface area contributed by atoms with E-state index in [9.17, 15) is 8.42 Å². The van der Waals surface area contributed by atoms with E-state index in [4.69, 9.17) is 15.0 Å². The molecule has 2 aromatic carbocycles. The van der Waals surface area contributed by atoms with Crippen molar-refractivity contribution in [2.75, 3.05) is 12.8 Å². The molecule has 90 valence electrons. The van der Waals surface area contributed by atoms with Gasteiger partial charge < -0.3 is 10.5 Å². The van der Waals surface area contributed by atoms with E-state index in [0.717, 1.165) is 0 Å². The summed E-state index contributed by atoms with van der Waals surface area (Å²) in [5.74, 6) is 0.566. The highest BCUT2D eigenvalue weighted by Gasteiger charge is 2.15. The van der Waals surface area contributed by atoms with Crippen molar-refractivity contribution in [1.29, 1.82) is 0 Å². The summed E-state index contributed by atoms with van der Waals surface area (Å²) in [5, 5.41) is 0.896. The second kappa shape index (κ2) is 3.90. The first-order valence-electron chi connectivity index (χ1n) is 4.77. The van der Waals surface area contributed by atoms with Gasteiger partial charge in [-0.05, 0) is 30.3 Å². The van der Waals surface area contributed by atoms with Gasteiger partial charge in [0, 0.05) is 16.5 Å². The molecule has 0 atom stereocenters. The molecule has 0 saturated heterocycles. The maximum absolute atomic E-state index is 11.2. The van der Waals surface area contributed by atoms with Crippen LogP contribution in [0.5, 0.6) is 5.75 Å². The molecule has 17 heavy (non-hydrogen) atoms. The second-order valence-corrected chi connectivity index (χ2v) is 4.93. The SMILES string of the molecule is COc1ccc2c(S(=O)(=O)O)ccc(N)c2c1. The van der Waals surface area contributed by atoms with Crippen molar-refractivity contribution in [3.63, 3.8) is 0 Å². The number of nitrogens with two attached hydrogens (primary N) is 1. The van der Waals surface area contributed by atoms with E-state index in [2.05, 4.69) is 0 Å². The van der Waals surface area contributed by atoms with E-state index in [-0.39, 0.29) is 4.90 Å². The van der Waals surface area contributed by atoms with Crippen molar-refractivity contribution in [2.24, 2.45) is 0 Å². The summed E-state index contributed by atoms with van der Waals surface area (Å²) < 4.78 is 36.5. The van der Waals surface area contributed by atoms with Crippen LogP contribution in [0, 0.1) is 0 Å². The number of ether oxygens (including phenoxy) is 1. The summed E-state index contributed by atoms with van der Waals surface area (Å²) in [6, 6.07) is 7.49. The summed E-state index contributed by atoms with van der Waals surface area (Å²) in [6.07, 6.45) is 0. The first-order chi connectivity index (χ1) is 7.93. The normalized spacial score (nSPS) is 11.6. The molecule has 0 amide bonds. The van der Waals surface area contributed by atoms with E-state index >= 15 is 0 Å². The van der Waals surface area contributed by atoms with Gasteiger partial charge in [-0.25, -0.2) is 0 Å². The molecule has 0 aliphatic carbocycles. The minimum atomic E-state index is -4.26. The summed E-state index contributed by atoms with van der Waals surface area (Å²) in [5.41, 5.74) is 6.18. The summed E-state index contributed by atoms with van der Waals surface area (Å²) in [4.78, 5) is -0.163. The molecule has 0 aliphatic heterocycles. The summed E-state index contributed by atoms with van der Waals surface area (Å²) >= 11 is 0. The van der Waals surface area contributed by atoms with Gasteiger partial charge in [-0.15, -0.1) is 0 Å². The number of fused-ring (bicyclic) bond motifs is 1. The number of methoxy groups -OCH3 is 1. The largest absolute Gasteiger partial charge is 0.497 e. The van der Waals surface area contributed by atoms with E-state index in [1.165, 1.54) is 19.2 Å². The molecule has 0 bridgehead atoms. The van der Waals surface area contributed by atoms with Gasteiger partial charge in [0.15, 0.2) is 0 Å². The van der Waals surface area contributed by atoms with Crippen molar-refractivity contribution < 1.29 is 17.7 Å². The average molecular weight is 253 g/mol. The van der Waals surface area contributed by atoms with Gasteiger partial charge in [0.1, 0.15) is 10.6 Å². The van der Waals surface area contributed by atoms with Gasteiger partial charge in [-0.3, -0.25) is 4.55 Å². The van der Waals surface area contributed by atoms with Gasteiger partial charge >= 0.3 is 0 Å². The fourth-order valence-electron chi connectivity index (χ4n) is 1.67. The Morgan fingerprint density at radius 2 is 1.88 bits per heavy atom. The van der Waals surface area contributed by atoms with Gasteiger partial charge in [0.2, 0.25) is 0 Å². The first-order valence-corrected chi connectivity index (χ1v) is 6.21. The maximum Gasteiger partial charge on any atom is 0.295 e. The molecule has 3 N–H and O–H groups in total. The Morgan fingerprint density at radius 1 is 1.18 bits per heavy atom. The van der Waals surface area contributed by atoms with Crippen molar-refractivity contribution in [2.45, 2.75) is 4.90 Å². The molecular weight excluding hydrogens is 242 g/mol. The fourth-order valence-corrected chi connectivity index (χ4v) is 2.37. The van der Waals surface area contributed by atoms with Gasteiger partial charge in [0.25, 0.3) is 10.1 Å². The lowest BCUT2D eigenvalue weighted by molar-refractivity contribution is 0.415. The Morgan fingerprint density at radius 3 is 2.47 bits per heavy atom. The van der Waals surface area contributed by atoms with Crippen LogP contribution < -0.4 is 10.5 Å². The topological polar surface area (TPSA) is 89.6 Å². The minimum Gasteiger partial charge on any atom is -0.497 e. The van der Waals surface area contributed by atoms with Crippen LogP contribution in [0.2, 0.25) is 0 Å². The van der Waals surface area contributed by atoms with Crippen LogP contribution in [0.15, 0.2) is 35.2 Å². The number of rotatable bonds is 2. The van der Waals surface area contributed by atoms with E-state index in [0.29, 0.717) is 22.2 Å². The Bertz CT molecular complexity index is 679. The van der Waals surface area contributed by atoms with Crippen LogP contribution in [-0.4, -0.2) is 20.1 Å². The molecule has 2 rings (SSSR count). The lowest BCUT2D eigenvalue weighted by Crippen LogP contribution is -2.00. The van der Waals surface area contributed by atoms with Gasteiger partial charge in [-0.2, -0.15) is 8.42 Å². The minimum absolute atomic E-state index is 0.163. The van der Waals surface area contributed by atoms with E-state index < -0.39 is 10.1 Å². The third-order valence-electron chi connectivity index (χ3n) is 2.50. The van der Waals surface area contributed by atoms with Crippen LogP contribution in [-0.2, 0) is 10.1 Å². The van der Waals surface area contributed by atoms with Gasteiger partial charge in [-0.1, -0.05) is 0 Å². The Labute approximate surface area is 98.6 Å². The zero-order valence-corrected chi connectivity index (χ0v) is 9.86. The highest BCUT2D eigenvalue weighted by atomic mass is 32.2. The van der Waals surface area contributed by atoms with Crippen LogP contribution in [0.4, 0.5) is 5.69 Å². The quantitative estimate of drug-likeness (QED) is 0.627. The predicted octanol–water partition coefficient (Wildman–Crippen LogP) is 1.68. The molecule has 0 saturated carbocycles. The van der Waals surface area contributed by atoms with Crippen LogP contribution in [0.3, 0.4) is 0 Å². The van der Waals surface area contributed by atoms with Crippen molar-refractivity contribution in [3.8, 4) is 5.75 Å². The summed E-state index contributed by atoms with van der Waals surface area (Å²) in [7, 11) is -2.76. The predicted molar refractivity (Wildman–Crippen MR) is 64.7 cm³/mol. The van der Waals surface area contributed by atoms with Crippen molar-refractivity contribution in [1.82, 2.24) is 0 Å². The smallest absolute Gasteiger partial charge is 0.295 e.